The summed E-state index contributed by atoms with van der Waals surface area (Å²) in [6, 6.07) is 7.26. The molecule has 1 aromatic rings. The number of nitrogens with one attached hydrogen (secondary N) is 2. The number of hydrogen-bond acceptors (Lipinski definition) is 4. The second kappa shape index (κ2) is 11.9. The van der Waals surface area contributed by atoms with Crippen LogP contribution in [0, 0.1) is 0 Å². The summed E-state index contributed by atoms with van der Waals surface area (Å²) in [5.41, 5.74) is 1.61. The average Bonchev–Trinajstić information content (AvgIpc) is 2.66. The van der Waals surface area contributed by atoms with Crippen LogP contribution in [0.1, 0.15) is 18.1 Å². The lowest BCUT2D eigenvalue weighted by molar-refractivity contribution is -0.176. The zero-order chi connectivity index (χ0) is 20.2. The molecular weight excluding hydrogens is 373 g/mol. The van der Waals surface area contributed by atoms with Crippen LogP contribution in [-0.2, 0) is 22.6 Å². The van der Waals surface area contributed by atoms with Gasteiger partial charge >= 0.3 is 6.18 Å². The summed E-state index contributed by atoms with van der Waals surface area (Å²) >= 11 is 0. The Morgan fingerprint density at radius 2 is 1.96 bits per heavy atom. The van der Waals surface area contributed by atoms with Crippen LogP contribution < -0.4 is 10.6 Å². The lowest BCUT2D eigenvalue weighted by Gasteiger charge is -2.26. The minimum Gasteiger partial charge on any atom is -0.379 e. The second-order valence-corrected chi connectivity index (χ2v) is 6.50. The Morgan fingerprint density at radius 1 is 1.21 bits per heavy atom. The lowest BCUT2D eigenvalue weighted by atomic mass is 10.1. The molecule has 2 rings (SSSR count). The van der Waals surface area contributed by atoms with Gasteiger partial charge in [0.1, 0.15) is 6.61 Å². The third kappa shape index (κ3) is 9.38. The summed E-state index contributed by atoms with van der Waals surface area (Å²) in [7, 11) is 0. The van der Waals surface area contributed by atoms with E-state index in [-0.39, 0.29) is 6.61 Å². The molecule has 0 aliphatic carbocycles. The summed E-state index contributed by atoms with van der Waals surface area (Å²) in [5, 5.41) is 6.51. The molecule has 2 N–H and O–H groups in total. The van der Waals surface area contributed by atoms with Gasteiger partial charge in [0.25, 0.3) is 0 Å². The topological polar surface area (TPSA) is 58.1 Å². The minimum absolute atomic E-state index is 0.0745. The highest BCUT2D eigenvalue weighted by Gasteiger charge is 2.27. The van der Waals surface area contributed by atoms with Gasteiger partial charge in [-0.3, -0.25) is 4.90 Å². The van der Waals surface area contributed by atoms with Crippen molar-refractivity contribution in [2.45, 2.75) is 26.3 Å². The van der Waals surface area contributed by atoms with Crippen molar-refractivity contribution < 1.29 is 22.6 Å². The van der Waals surface area contributed by atoms with Crippen molar-refractivity contribution in [3.05, 3.63) is 35.4 Å². The van der Waals surface area contributed by atoms with Gasteiger partial charge in [0.05, 0.1) is 26.4 Å². The fourth-order valence-electron chi connectivity index (χ4n) is 2.77. The van der Waals surface area contributed by atoms with Gasteiger partial charge in [-0.05, 0) is 18.1 Å². The van der Waals surface area contributed by atoms with E-state index in [0.717, 1.165) is 57.5 Å². The maximum Gasteiger partial charge on any atom is 0.411 e. The van der Waals surface area contributed by atoms with E-state index in [1.54, 1.807) is 12.1 Å². The predicted molar refractivity (Wildman–Crippen MR) is 102 cm³/mol. The van der Waals surface area contributed by atoms with Gasteiger partial charge in [0, 0.05) is 32.7 Å². The molecule has 1 aliphatic rings. The van der Waals surface area contributed by atoms with Crippen LogP contribution in [0.4, 0.5) is 13.2 Å². The van der Waals surface area contributed by atoms with Gasteiger partial charge in [0.2, 0.25) is 0 Å². The highest BCUT2D eigenvalue weighted by Crippen LogP contribution is 2.16. The lowest BCUT2D eigenvalue weighted by Crippen LogP contribution is -2.44. The Labute approximate surface area is 164 Å². The van der Waals surface area contributed by atoms with Crippen LogP contribution >= 0.6 is 0 Å². The second-order valence-electron chi connectivity index (χ2n) is 6.50. The number of morpholine rings is 1. The molecule has 1 fully saturated rings. The normalized spacial score (nSPS) is 16.2. The molecular formula is C19H29F3N4O2. The first-order valence-electron chi connectivity index (χ1n) is 9.51. The SMILES string of the molecule is CCNC(=NCc1cccc(COCC(F)(F)F)c1)NCCN1CCOCC1. The number of benzene rings is 1. The zero-order valence-corrected chi connectivity index (χ0v) is 16.2. The Morgan fingerprint density at radius 3 is 2.68 bits per heavy atom. The number of rotatable bonds is 9. The molecule has 6 nitrogen and oxygen atoms in total. The molecule has 0 unspecified atom stereocenters. The molecule has 1 saturated heterocycles. The van der Waals surface area contributed by atoms with E-state index in [0.29, 0.717) is 12.1 Å². The number of aliphatic imine (C=N–C) groups is 1. The summed E-state index contributed by atoms with van der Waals surface area (Å²) in [6.07, 6.45) is -4.31. The van der Waals surface area contributed by atoms with E-state index in [9.17, 15) is 13.2 Å². The van der Waals surface area contributed by atoms with Crippen molar-refractivity contribution in [2.75, 3.05) is 52.5 Å². The van der Waals surface area contributed by atoms with Crippen molar-refractivity contribution in [1.82, 2.24) is 15.5 Å². The molecule has 1 aromatic carbocycles. The molecule has 0 saturated carbocycles. The maximum atomic E-state index is 12.2. The van der Waals surface area contributed by atoms with Crippen LogP contribution in [0.5, 0.6) is 0 Å². The highest BCUT2D eigenvalue weighted by atomic mass is 19.4. The molecule has 0 amide bonds. The first kappa shape index (κ1) is 22.4. The molecule has 0 atom stereocenters. The molecule has 1 heterocycles. The third-order valence-corrected chi connectivity index (χ3v) is 4.11. The van der Waals surface area contributed by atoms with Crippen molar-refractivity contribution in [2.24, 2.45) is 4.99 Å². The Hall–Kier alpha value is -1.84. The molecule has 1 aliphatic heterocycles. The molecule has 9 heteroatoms. The summed E-state index contributed by atoms with van der Waals surface area (Å²) in [4.78, 5) is 6.90. The number of halogens is 3. The van der Waals surface area contributed by atoms with E-state index < -0.39 is 12.8 Å². The Bertz CT molecular complexity index is 605. The number of ether oxygens (including phenoxy) is 2. The summed E-state index contributed by atoms with van der Waals surface area (Å²) in [6.45, 7) is 6.98. The fraction of sp³-hybridized carbons (Fsp3) is 0.632. The maximum absolute atomic E-state index is 12.2. The van der Waals surface area contributed by atoms with Gasteiger partial charge in [-0.15, -0.1) is 0 Å². The van der Waals surface area contributed by atoms with Crippen molar-refractivity contribution in [3.63, 3.8) is 0 Å². The average molecular weight is 402 g/mol. The molecule has 28 heavy (non-hydrogen) atoms. The first-order chi connectivity index (χ1) is 13.5. The molecule has 0 bridgehead atoms. The van der Waals surface area contributed by atoms with E-state index in [2.05, 4.69) is 20.5 Å². The quantitative estimate of drug-likeness (QED) is 0.490. The van der Waals surface area contributed by atoms with Gasteiger partial charge < -0.3 is 20.1 Å². The van der Waals surface area contributed by atoms with Crippen molar-refractivity contribution >= 4 is 5.96 Å². The largest absolute Gasteiger partial charge is 0.411 e. The predicted octanol–water partition coefficient (Wildman–Crippen LogP) is 2.15. The van der Waals surface area contributed by atoms with Crippen LogP contribution in [0.25, 0.3) is 0 Å². The highest BCUT2D eigenvalue weighted by molar-refractivity contribution is 5.79. The van der Waals surface area contributed by atoms with E-state index in [1.807, 2.05) is 19.1 Å². The van der Waals surface area contributed by atoms with Crippen LogP contribution in [0.3, 0.4) is 0 Å². The molecule has 0 spiro atoms. The van der Waals surface area contributed by atoms with Crippen LogP contribution in [0.2, 0.25) is 0 Å². The molecule has 158 valence electrons. The number of alkyl halides is 3. The first-order valence-corrected chi connectivity index (χ1v) is 9.51. The van der Waals surface area contributed by atoms with E-state index in [4.69, 9.17) is 9.47 Å². The zero-order valence-electron chi connectivity index (χ0n) is 16.2. The summed E-state index contributed by atoms with van der Waals surface area (Å²) < 4.78 is 46.6. The van der Waals surface area contributed by atoms with Crippen LogP contribution in [0.15, 0.2) is 29.3 Å². The number of guanidine groups is 1. The summed E-state index contributed by atoms with van der Waals surface area (Å²) in [5.74, 6) is 0.717. The standard InChI is InChI=1S/C19H29F3N4O2/c1-2-23-18(24-6-7-26-8-10-27-11-9-26)25-13-16-4-3-5-17(12-16)14-28-15-19(20,21)22/h3-5,12H,2,6-11,13-15H2,1H3,(H2,23,24,25). The van der Waals surface area contributed by atoms with Gasteiger partial charge in [0.15, 0.2) is 5.96 Å². The van der Waals surface area contributed by atoms with Gasteiger partial charge in [-0.25, -0.2) is 4.99 Å². The Balaban J connectivity index is 1.81. The van der Waals surface area contributed by atoms with E-state index in [1.165, 1.54) is 0 Å². The van der Waals surface area contributed by atoms with Gasteiger partial charge in [-0.1, -0.05) is 24.3 Å². The minimum atomic E-state index is -4.31. The fourth-order valence-corrected chi connectivity index (χ4v) is 2.77. The Kier molecular flexibility index (Phi) is 9.52. The monoisotopic (exact) mass is 402 g/mol. The molecule has 0 radical (unpaired) electrons. The van der Waals surface area contributed by atoms with E-state index >= 15 is 0 Å². The third-order valence-electron chi connectivity index (χ3n) is 4.11. The molecule has 0 aromatic heterocycles. The van der Waals surface area contributed by atoms with Crippen LogP contribution in [-0.4, -0.2) is 69.6 Å². The van der Waals surface area contributed by atoms with Crippen molar-refractivity contribution in [1.29, 1.82) is 0 Å². The number of hydrogen-bond donors (Lipinski definition) is 2. The number of nitrogens with zero attached hydrogens (tertiary/aromatic N) is 2. The van der Waals surface area contributed by atoms with Gasteiger partial charge in [-0.2, -0.15) is 13.2 Å². The smallest absolute Gasteiger partial charge is 0.379 e. The van der Waals surface area contributed by atoms with Crippen molar-refractivity contribution in [3.8, 4) is 0 Å².